The van der Waals surface area contributed by atoms with E-state index in [1.54, 1.807) is 0 Å². The topological polar surface area (TPSA) is 107 Å². The van der Waals surface area contributed by atoms with Gasteiger partial charge in [0, 0.05) is 0 Å². The number of carbonyl (C=O) groups is 1. The first-order chi connectivity index (χ1) is 4.93. The molecule has 0 aromatic carbocycles. The van der Waals surface area contributed by atoms with Gasteiger partial charge in [-0.25, -0.2) is 0 Å². The van der Waals surface area contributed by atoms with E-state index in [0.717, 1.165) is 0 Å². The van der Waals surface area contributed by atoms with Gasteiger partial charge in [0.2, 0.25) is 5.85 Å². The summed E-state index contributed by atoms with van der Waals surface area (Å²) in [6, 6.07) is 0. The fraction of sp³-hybridized carbons (Fsp3) is 0.667. The van der Waals surface area contributed by atoms with Crippen molar-refractivity contribution in [1.82, 2.24) is 5.06 Å². The van der Waals surface area contributed by atoms with E-state index in [-0.39, 0.29) is 5.06 Å². The highest BCUT2D eigenvalue weighted by Crippen LogP contribution is 2.44. The summed E-state index contributed by atoms with van der Waals surface area (Å²) >= 11 is 0. The van der Waals surface area contributed by atoms with E-state index in [9.17, 15) is 9.36 Å². The van der Waals surface area contributed by atoms with Gasteiger partial charge in [0.25, 0.3) is 5.91 Å². The van der Waals surface area contributed by atoms with Crippen LogP contribution in [0.2, 0.25) is 0 Å². The normalized spacial score (nSPS) is 26.3. The Labute approximate surface area is 61.3 Å². The summed E-state index contributed by atoms with van der Waals surface area (Å²) in [6.07, 6.45) is 0. The molecule has 0 radical (unpaired) electrons. The van der Waals surface area contributed by atoms with Crippen molar-refractivity contribution >= 4 is 13.5 Å². The predicted molar refractivity (Wildman–Crippen MR) is 30.4 cm³/mol. The Bertz CT molecular complexity index is 222. The minimum atomic E-state index is -4.58. The monoisotopic (exact) mass is 183 g/mol. The van der Waals surface area contributed by atoms with Crippen molar-refractivity contribution in [2.24, 2.45) is 0 Å². The maximum atomic E-state index is 10.6. The Kier molecular flexibility index (Phi) is 2.00. The Morgan fingerprint density at radius 2 is 2.18 bits per heavy atom. The molecule has 1 amide bonds. The molecule has 64 valence electrons. The van der Waals surface area contributed by atoms with Crippen LogP contribution in [0.25, 0.3) is 0 Å². The molecule has 0 spiro atoms. The molecule has 8 heteroatoms. The second-order valence-corrected chi connectivity index (χ2v) is 3.62. The summed E-state index contributed by atoms with van der Waals surface area (Å²) in [7, 11) is -4.58. The lowest BCUT2D eigenvalue weighted by molar-refractivity contribution is -0.159. The number of nitrogens with zero attached hydrogens (tertiary/aromatic N) is 1. The number of ether oxygens (including phenoxy) is 1. The highest BCUT2D eigenvalue weighted by molar-refractivity contribution is 7.53. The Morgan fingerprint density at radius 1 is 1.64 bits per heavy atom. The maximum Gasteiger partial charge on any atom is 0.363 e. The van der Waals surface area contributed by atoms with Gasteiger partial charge in [-0.2, -0.15) is 5.06 Å². The molecule has 0 aromatic rings. The van der Waals surface area contributed by atoms with Gasteiger partial charge in [-0.3, -0.25) is 14.6 Å². The Hall–Kier alpha value is -0.460. The zero-order valence-corrected chi connectivity index (χ0v) is 6.14. The molecule has 0 aliphatic carbocycles. The number of carbonyl (C=O) groups excluding carboxylic acids is 1. The molecule has 0 saturated carbocycles. The summed E-state index contributed by atoms with van der Waals surface area (Å²) < 4.78 is 14.7. The third kappa shape index (κ3) is 1.58. The summed E-state index contributed by atoms with van der Waals surface area (Å²) in [5.41, 5.74) is 0. The van der Waals surface area contributed by atoms with Crippen LogP contribution in [0.4, 0.5) is 0 Å². The first kappa shape index (κ1) is 8.63. The highest BCUT2D eigenvalue weighted by atomic mass is 31.2. The second-order valence-electron chi connectivity index (χ2n) is 1.97. The van der Waals surface area contributed by atoms with Crippen molar-refractivity contribution in [3.8, 4) is 0 Å². The lowest BCUT2D eigenvalue weighted by atomic mass is 10.7. The SMILES string of the molecule is O=C1C(P(=O)(O)O)OCN1O. The van der Waals surface area contributed by atoms with Crippen LogP contribution in [-0.4, -0.2) is 38.5 Å². The quantitative estimate of drug-likeness (QED) is 0.344. The molecule has 1 saturated heterocycles. The van der Waals surface area contributed by atoms with Crippen molar-refractivity contribution < 1.29 is 29.1 Å². The van der Waals surface area contributed by atoms with Crippen LogP contribution in [0.5, 0.6) is 0 Å². The van der Waals surface area contributed by atoms with E-state index in [1.165, 1.54) is 0 Å². The van der Waals surface area contributed by atoms with Gasteiger partial charge in [-0.1, -0.05) is 0 Å². The van der Waals surface area contributed by atoms with Gasteiger partial charge in [0.05, 0.1) is 0 Å². The summed E-state index contributed by atoms with van der Waals surface area (Å²) in [5.74, 6) is -2.95. The van der Waals surface area contributed by atoms with Gasteiger partial charge >= 0.3 is 7.60 Å². The lowest BCUT2D eigenvalue weighted by Gasteiger charge is -2.07. The highest BCUT2D eigenvalue weighted by Gasteiger charge is 2.44. The minimum Gasteiger partial charge on any atom is -0.333 e. The minimum absolute atomic E-state index is 0.115. The average molecular weight is 183 g/mol. The van der Waals surface area contributed by atoms with Crippen LogP contribution in [0.15, 0.2) is 0 Å². The fourth-order valence-corrected chi connectivity index (χ4v) is 1.33. The molecule has 1 unspecified atom stereocenters. The second kappa shape index (κ2) is 2.54. The first-order valence-corrected chi connectivity index (χ1v) is 4.28. The summed E-state index contributed by atoms with van der Waals surface area (Å²) in [5, 5.41) is 8.66. The molecule has 1 heterocycles. The molecule has 1 aliphatic rings. The molecule has 1 atom stereocenters. The largest absolute Gasteiger partial charge is 0.363 e. The molecular weight excluding hydrogens is 177 g/mol. The first-order valence-electron chi connectivity index (χ1n) is 2.60. The van der Waals surface area contributed by atoms with E-state index in [1.807, 2.05) is 0 Å². The zero-order valence-electron chi connectivity index (χ0n) is 5.25. The molecular formula is C3H6NO6P. The van der Waals surface area contributed by atoms with Crippen molar-refractivity contribution in [3.05, 3.63) is 0 Å². The standard InChI is InChI=1S/C3H6NO6P/c5-2-3(11(7,8)9)10-1-4(2)6/h3,6H,1H2,(H2,7,8,9). The summed E-state index contributed by atoms with van der Waals surface area (Å²) in [6.45, 7) is -0.505. The lowest BCUT2D eigenvalue weighted by Crippen LogP contribution is -2.26. The van der Waals surface area contributed by atoms with E-state index >= 15 is 0 Å². The molecule has 0 bridgehead atoms. The van der Waals surface area contributed by atoms with E-state index < -0.39 is 26.1 Å². The molecule has 1 fully saturated rings. The molecule has 1 aliphatic heterocycles. The molecule has 3 N–H and O–H groups in total. The molecule has 7 nitrogen and oxygen atoms in total. The van der Waals surface area contributed by atoms with Gasteiger partial charge in [0.1, 0.15) is 6.73 Å². The third-order valence-electron chi connectivity index (χ3n) is 1.13. The Morgan fingerprint density at radius 3 is 2.36 bits per heavy atom. The van der Waals surface area contributed by atoms with Crippen LogP contribution in [-0.2, 0) is 14.1 Å². The maximum absolute atomic E-state index is 10.6. The summed E-state index contributed by atoms with van der Waals surface area (Å²) in [4.78, 5) is 27.5. The van der Waals surface area contributed by atoms with Gasteiger partial charge < -0.3 is 14.5 Å². The van der Waals surface area contributed by atoms with E-state index in [4.69, 9.17) is 15.0 Å². The Balaban J connectivity index is 2.78. The van der Waals surface area contributed by atoms with Gasteiger partial charge in [-0.15, -0.1) is 0 Å². The third-order valence-corrected chi connectivity index (χ3v) is 2.11. The van der Waals surface area contributed by atoms with E-state index in [2.05, 4.69) is 4.74 Å². The van der Waals surface area contributed by atoms with Crippen LogP contribution in [0, 0.1) is 0 Å². The molecule has 0 aromatic heterocycles. The van der Waals surface area contributed by atoms with Crippen LogP contribution in [0.1, 0.15) is 0 Å². The van der Waals surface area contributed by atoms with Crippen LogP contribution in [0.3, 0.4) is 0 Å². The van der Waals surface area contributed by atoms with Crippen molar-refractivity contribution in [2.75, 3.05) is 6.73 Å². The van der Waals surface area contributed by atoms with E-state index in [0.29, 0.717) is 0 Å². The van der Waals surface area contributed by atoms with Crippen LogP contribution >= 0.6 is 7.60 Å². The number of hydroxylamine groups is 2. The van der Waals surface area contributed by atoms with Crippen molar-refractivity contribution in [3.63, 3.8) is 0 Å². The van der Waals surface area contributed by atoms with Gasteiger partial charge in [0.15, 0.2) is 0 Å². The number of amides is 1. The number of hydrogen-bond acceptors (Lipinski definition) is 4. The smallest absolute Gasteiger partial charge is 0.333 e. The molecule has 11 heavy (non-hydrogen) atoms. The number of hydrogen-bond donors (Lipinski definition) is 3. The van der Waals surface area contributed by atoms with Crippen LogP contribution < -0.4 is 0 Å². The van der Waals surface area contributed by atoms with Crippen molar-refractivity contribution in [1.29, 1.82) is 0 Å². The molecule has 1 rings (SSSR count). The fourth-order valence-electron chi connectivity index (χ4n) is 0.645. The van der Waals surface area contributed by atoms with Crippen molar-refractivity contribution in [2.45, 2.75) is 5.85 Å². The van der Waals surface area contributed by atoms with Gasteiger partial charge in [-0.05, 0) is 0 Å². The average Bonchev–Trinajstić information content (AvgIpc) is 2.11. The predicted octanol–water partition coefficient (Wildman–Crippen LogP) is -1.30. The zero-order chi connectivity index (χ0) is 8.65. The number of rotatable bonds is 1.